The van der Waals surface area contributed by atoms with Crippen LogP contribution in [-0.4, -0.2) is 28.0 Å². The largest absolute Gasteiger partial charge is 0.492 e. The lowest BCUT2D eigenvalue weighted by Gasteiger charge is -2.30. The number of ether oxygens (including phenoxy) is 1. The number of carbonyl (C=O) groups excluding carboxylic acids is 1. The molecule has 1 aliphatic rings. The molecule has 3 rings (SSSR count). The molecule has 6 nitrogen and oxygen atoms in total. The van der Waals surface area contributed by atoms with Crippen LogP contribution < -0.4 is 5.56 Å². The van der Waals surface area contributed by atoms with Gasteiger partial charge in [0.25, 0.3) is 5.56 Å². The first-order valence-electron chi connectivity index (χ1n) is 7.55. The predicted molar refractivity (Wildman–Crippen MR) is 88.8 cm³/mol. The average Bonchev–Trinajstić information content (AvgIpc) is 2.54. The van der Waals surface area contributed by atoms with Gasteiger partial charge in [0.1, 0.15) is 0 Å². The van der Waals surface area contributed by atoms with E-state index in [4.69, 9.17) is 4.74 Å². The lowest BCUT2D eigenvalue weighted by molar-refractivity contribution is 0.0600. The van der Waals surface area contributed by atoms with Crippen LogP contribution in [0.1, 0.15) is 35.3 Å². The summed E-state index contributed by atoms with van der Waals surface area (Å²) in [5.41, 5.74) is 2.13. The fraction of sp³-hybridized carbons (Fsp3) is 0.278. The van der Waals surface area contributed by atoms with Gasteiger partial charge >= 0.3 is 5.97 Å². The Labute approximate surface area is 139 Å². The van der Waals surface area contributed by atoms with Gasteiger partial charge in [0, 0.05) is 17.7 Å². The van der Waals surface area contributed by atoms with E-state index in [1.54, 1.807) is 12.1 Å². The minimum Gasteiger partial charge on any atom is -0.492 e. The molecule has 6 heteroatoms. The number of esters is 1. The Bertz CT molecular complexity index is 909. The maximum atomic E-state index is 12.2. The molecule has 0 fully saturated rings. The molecule has 1 heterocycles. The molecule has 0 bridgehead atoms. The minimum atomic E-state index is -0.446. The molecule has 0 saturated heterocycles. The fourth-order valence-electron chi connectivity index (χ4n) is 2.95. The zero-order valence-electron chi connectivity index (χ0n) is 13.7. The maximum absolute atomic E-state index is 12.2. The van der Waals surface area contributed by atoms with Gasteiger partial charge in [-0.1, -0.05) is 26.0 Å². The van der Waals surface area contributed by atoms with E-state index < -0.39 is 5.97 Å². The van der Waals surface area contributed by atoms with Crippen LogP contribution in [0.15, 0.2) is 41.2 Å². The van der Waals surface area contributed by atoms with Crippen LogP contribution in [0, 0.1) is 5.41 Å². The number of fused-ring (bicyclic) bond motifs is 1. The van der Waals surface area contributed by atoms with Crippen molar-refractivity contribution in [3.63, 3.8) is 0 Å². The van der Waals surface area contributed by atoms with Crippen LogP contribution in [0.2, 0.25) is 0 Å². The van der Waals surface area contributed by atoms with Gasteiger partial charge in [-0.3, -0.25) is 4.79 Å². The summed E-state index contributed by atoms with van der Waals surface area (Å²) in [6, 6.07) is 7.78. The van der Waals surface area contributed by atoms with E-state index in [1.165, 1.54) is 19.2 Å². The average molecular weight is 326 g/mol. The second-order valence-electron chi connectivity index (χ2n) is 6.50. The quantitative estimate of drug-likeness (QED) is 0.856. The van der Waals surface area contributed by atoms with Gasteiger partial charge in [-0.15, -0.1) is 5.10 Å². The Balaban J connectivity index is 2.25. The molecule has 1 N–H and O–H groups in total. The molecule has 0 aliphatic heterocycles. The summed E-state index contributed by atoms with van der Waals surface area (Å²) >= 11 is 0. The topological polar surface area (TPSA) is 81.4 Å². The summed E-state index contributed by atoms with van der Waals surface area (Å²) in [7, 11) is 1.32. The highest BCUT2D eigenvalue weighted by molar-refractivity contribution is 5.91. The number of carbonyl (C=O) groups is 1. The molecule has 1 aromatic carbocycles. The first-order valence-corrected chi connectivity index (χ1v) is 7.55. The second-order valence-corrected chi connectivity index (χ2v) is 6.50. The van der Waals surface area contributed by atoms with E-state index >= 15 is 0 Å². The summed E-state index contributed by atoms with van der Waals surface area (Å²) in [6.07, 6.45) is 2.70. The summed E-state index contributed by atoms with van der Waals surface area (Å²) in [5, 5.41) is 13.6. The van der Waals surface area contributed by atoms with E-state index in [-0.39, 0.29) is 16.9 Å². The third-order valence-corrected chi connectivity index (χ3v) is 3.99. The molecular weight excluding hydrogens is 308 g/mol. The number of methoxy groups -OCH3 is 1. The lowest BCUT2D eigenvalue weighted by Crippen LogP contribution is -2.27. The monoisotopic (exact) mass is 326 g/mol. The molecular formula is C18H18N2O4. The van der Waals surface area contributed by atoms with Gasteiger partial charge in [0.15, 0.2) is 0 Å². The minimum absolute atomic E-state index is 0.193. The molecule has 2 aromatic rings. The first kappa shape index (κ1) is 16.0. The SMILES string of the molecule is COC(=O)c1ccc2c(c1)C(n1nc(O)ccc1=O)=CC(C)(C)C2. The van der Waals surface area contributed by atoms with Crippen molar-refractivity contribution in [2.45, 2.75) is 20.3 Å². The van der Waals surface area contributed by atoms with Crippen LogP contribution in [0.5, 0.6) is 5.88 Å². The first-order chi connectivity index (χ1) is 11.3. The van der Waals surface area contributed by atoms with Gasteiger partial charge in [-0.05, 0) is 29.5 Å². The summed E-state index contributed by atoms with van der Waals surface area (Å²) < 4.78 is 5.93. The molecule has 1 aliphatic carbocycles. The number of nitrogens with zero attached hydrogens (tertiary/aromatic N) is 2. The van der Waals surface area contributed by atoms with Gasteiger partial charge < -0.3 is 9.84 Å². The van der Waals surface area contributed by atoms with Crippen molar-refractivity contribution in [2.75, 3.05) is 7.11 Å². The highest BCUT2D eigenvalue weighted by Gasteiger charge is 2.28. The van der Waals surface area contributed by atoms with Crippen LogP contribution >= 0.6 is 0 Å². The number of allylic oxidation sites excluding steroid dienone is 1. The third-order valence-electron chi connectivity index (χ3n) is 3.99. The van der Waals surface area contributed by atoms with Gasteiger partial charge in [-0.2, -0.15) is 4.68 Å². The Kier molecular flexibility index (Phi) is 3.75. The molecule has 0 saturated carbocycles. The highest BCUT2D eigenvalue weighted by Crippen LogP contribution is 2.37. The van der Waals surface area contributed by atoms with Crippen LogP contribution in [-0.2, 0) is 11.2 Å². The standard InChI is InChI=1S/C18H18N2O4/c1-18(2)9-12-5-4-11(17(23)24-3)8-13(12)14(10-18)20-16(22)7-6-15(21)19-20/h4-8,10H,9H2,1-3H3,(H,19,21). The van der Waals surface area contributed by atoms with Crippen molar-refractivity contribution < 1.29 is 14.6 Å². The summed E-state index contributed by atoms with van der Waals surface area (Å²) in [6.45, 7) is 4.11. The Morgan fingerprint density at radius 3 is 2.75 bits per heavy atom. The second kappa shape index (κ2) is 5.63. The van der Waals surface area contributed by atoms with Crippen molar-refractivity contribution in [1.82, 2.24) is 9.78 Å². The smallest absolute Gasteiger partial charge is 0.337 e. The molecule has 24 heavy (non-hydrogen) atoms. The van der Waals surface area contributed by atoms with Crippen molar-refractivity contribution in [2.24, 2.45) is 5.41 Å². The molecule has 0 radical (unpaired) electrons. The number of hydrogen-bond acceptors (Lipinski definition) is 5. The van der Waals surface area contributed by atoms with Gasteiger partial charge in [0.05, 0.1) is 18.4 Å². The van der Waals surface area contributed by atoms with Crippen molar-refractivity contribution in [1.29, 1.82) is 0 Å². The van der Waals surface area contributed by atoms with Crippen molar-refractivity contribution >= 4 is 11.7 Å². The Morgan fingerprint density at radius 2 is 2.04 bits per heavy atom. The van der Waals surface area contributed by atoms with E-state index in [0.29, 0.717) is 11.3 Å². The molecule has 0 unspecified atom stereocenters. The zero-order valence-corrected chi connectivity index (χ0v) is 13.7. The fourth-order valence-corrected chi connectivity index (χ4v) is 2.95. The van der Waals surface area contributed by atoms with E-state index in [2.05, 4.69) is 18.9 Å². The number of rotatable bonds is 2. The number of benzene rings is 1. The van der Waals surface area contributed by atoms with Gasteiger partial charge in [-0.25, -0.2) is 4.79 Å². The molecule has 0 atom stereocenters. The number of hydrogen-bond donors (Lipinski definition) is 1. The lowest BCUT2D eigenvalue weighted by atomic mass is 9.77. The zero-order chi connectivity index (χ0) is 17.5. The summed E-state index contributed by atoms with van der Waals surface area (Å²) in [4.78, 5) is 24.0. The predicted octanol–water partition coefficient (Wildman–Crippen LogP) is 2.21. The van der Waals surface area contributed by atoms with Crippen LogP contribution in [0.4, 0.5) is 0 Å². The highest BCUT2D eigenvalue weighted by atomic mass is 16.5. The number of aromatic nitrogens is 2. The van der Waals surface area contributed by atoms with Crippen LogP contribution in [0.3, 0.4) is 0 Å². The van der Waals surface area contributed by atoms with E-state index in [1.807, 2.05) is 12.1 Å². The molecule has 0 spiro atoms. The van der Waals surface area contributed by atoms with Crippen molar-refractivity contribution in [3.8, 4) is 5.88 Å². The molecule has 124 valence electrons. The molecule has 0 amide bonds. The maximum Gasteiger partial charge on any atom is 0.337 e. The van der Waals surface area contributed by atoms with Gasteiger partial charge in [0.2, 0.25) is 5.88 Å². The van der Waals surface area contributed by atoms with E-state index in [0.717, 1.165) is 22.2 Å². The third kappa shape index (κ3) is 2.82. The van der Waals surface area contributed by atoms with Crippen molar-refractivity contribution in [3.05, 3.63) is 63.5 Å². The molecule has 1 aromatic heterocycles. The Morgan fingerprint density at radius 1 is 1.29 bits per heavy atom. The number of aromatic hydroxyl groups is 1. The Hall–Kier alpha value is -2.89. The van der Waals surface area contributed by atoms with E-state index in [9.17, 15) is 14.7 Å². The summed E-state index contributed by atoms with van der Waals surface area (Å²) in [5.74, 6) is -0.692. The van der Waals surface area contributed by atoms with Crippen LogP contribution in [0.25, 0.3) is 5.70 Å². The normalized spacial score (nSPS) is 15.4.